The molecule has 0 spiro atoms. The molecule has 1 heterocycles. The largest absolute Gasteiger partial charge is 0.388 e. The SMILES string of the molecule is CC(=O)c1cc([C@@H](OCc2ccccc2)[C@H](OCc2ccccc2)[C@H](O)COCc2ccccc2)cn(-c2ccccc2)c1=O. The molecular formula is C38H37NO6. The van der Waals surface area contributed by atoms with Gasteiger partial charge < -0.3 is 19.3 Å². The molecule has 0 aliphatic rings. The quantitative estimate of drug-likeness (QED) is 0.138. The van der Waals surface area contributed by atoms with E-state index in [1.54, 1.807) is 24.4 Å². The van der Waals surface area contributed by atoms with Gasteiger partial charge in [0.1, 0.15) is 18.3 Å². The number of hydrogen-bond acceptors (Lipinski definition) is 6. The van der Waals surface area contributed by atoms with Crippen LogP contribution in [0.15, 0.2) is 138 Å². The minimum atomic E-state index is -1.11. The first-order chi connectivity index (χ1) is 22.0. The summed E-state index contributed by atoms with van der Waals surface area (Å²) in [5, 5.41) is 11.6. The Morgan fingerprint density at radius 3 is 1.73 bits per heavy atom. The predicted molar refractivity (Wildman–Crippen MR) is 173 cm³/mol. The minimum absolute atomic E-state index is 0.0151. The zero-order chi connectivity index (χ0) is 31.4. The summed E-state index contributed by atoms with van der Waals surface area (Å²) < 4.78 is 20.4. The normalized spacial score (nSPS) is 13.2. The van der Waals surface area contributed by atoms with Gasteiger partial charge in [-0.15, -0.1) is 0 Å². The first-order valence-electron chi connectivity index (χ1n) is 14.9. The standard InChI is InChI=1S/C38H37NO6/c1-28(40)34-22-32(23-39(38(34)42)33-20-12-5-13-21-33)36(44-25-30-16-8-3-9-17-30)37(45-26-31-18-10-4-11-19-31)35(41)27-43-24-29-14-6-2-7-15-29/h2-23,35-37,41H,24-27H2,1H3/t35-,36-,37-/m1/s1. The van der Waals surface area contributed by atoms with Gasteiger partial charge in [0.25, 0.3) is 5.56 Å². The molecule has 0 aliphatic heterocycles. The number of ether oxygens (including phenoxy) is 3. The maximum absolute atomic E-state index is 13.5. The van der Waals surface area contributed by atoms with E-state index in [9.17, 15) is 14.7 Å². The molecule has 0 fully saturated rings. The van der Waals surface area contributed by atoms with Crippen LogP contribution in [0.2, 0.25) is 0 Å². The fourth-order valence-corrected chi connectivity index (χ4v) is 5.07. The number of pyridine rings is 1. The number of aromatic nitrogens is 1. The van der Waals surface area contributed by atoms with E-state index < -0.39 is 23.9 Å². The van der Waals surface area contributed by atoms with E-state index in [4.69, 9.17) is 14.2 Å². The first-order valence-corrected chi connectivity index (χ1v) is 14.9. The van der Waals surface area contributed by atoms with E-state index in [-0.39, 0.29) is 31.2 Å². The highest BCUT2D eigenvalue weighted by Gasteiger charge is 2.33. The summed E-state index contributed by atoms with van der Waals surface area (Å²) in [6.45, 7) is 2.05. The van der Waals surface area contributed by atoms with Crippen LogP contribution in [0.4, 0.5) is 0 Å². The summed E-state index contributed by atoms with van der Waals surface area (Å²) >= 11 is 0. The second kappa shape index (κ2) is 15.9. The Morgan fingerprint density at radius 1 is 0.711 bits per heavy atom. The molecular weight excluding hydrogens is 566 g/mol. The van der Waals surface area contributed by atoms with Crippen LogP contribution in [0.25, 0.3) is 5.69 Å². The summed E-state index contributed by atoms with van der Waals surface area (Å²) in [5.74, 6) is -0.373. The molecule has 5 rings (SSSR count). The second-order valence-corrected chi connectivity index (χ2v) is 10.8. The van der Waals surface area contributed by atoms with Gasteiger partial charge in [-0.05, 0) is 41.8 Å². The van der Waals surface area contributed by atoms with Gasteiger partial charge in [-0.25, -0.2) is 0 Å². The molecule has 7 nitrogen and oxygen atoms in total. The third kappa shape index (κ3) is 8.71. The van der Waals surface area contributed by atoms with Gasteiger partial charge in [0.05, 0.1) is 32.0 Å². The van der Waals surface area contributed by atoms with Crippen molar-refractivity contribution in [1.82, 2.24) is 4.57 Å². The molecule has 7 heteroatoms. The first kappa shape index (κ1) is 31.8. The highest BCUT2D eigenvalue weighted by Crippen LogP contribution is 2.29. The topological polar surface area (TPSA) is 87.0 Å². The molecule has 0 bridgehead atoms. The van der Waals surface area contributed by atoms with Gasteiger partial charge in [-0.1, -0.05) is 109 Å². The molecule has 230 valence electrons. The Kier molecular flexibility index (Phi) is 11.2. The average molecular weight is 604 g/mol. The van der Waals surface area contributed by atoms with Crippen molar-refractivity contribution in [3.63, 3.8) is 0 Å². The summed E-state index contributed by atoms with van der Waals surface area (Å²) in [7, 11) is 0. The van der Waals surface area contributed by atoms with Crippen molar-refractivity contribution in [3.05, 3.63) is 172 Å². The van der Waals surface area contributed by atoms with Crippen molar-refractivity contribution >= 4 is 5.78 Å². The van der Waals surface area contributed by atoms with Gasteiger partial charge in [0.2, 0.25) is 0 Å². The van der Waals surface area contributed by atoms with Crippen LogP contribution in [-0.4, -0.2) is 34.3 Å². The third-order valence-corrected chi connectivity index (χ3v) is 7.42. The van der Waals surface area contributed by atoms with Crippen molar-refractivity contribution in [2.45, 2.75) is 45.1 Å². The van der Waals surface area contributed by atoms with Gasteiger partial charge in [0.15, 0.2) is 5.78 Å². The molecule has 0 radical (unpaired) electrons. The average Bonchev–Trinajstić information content (AvgIpc) is 3.08. The number of carbonyl (C=O) groups excluding carboxylic acids is 1. The molecule has 4 aromatic carbocycles. The molecule has 0 aliphatic carbocycles. The second-order valence-electron chi connectivity index (χ2n) is 10.8. The molecule has 45 heavy (non-hydrogen) atoms. The molecule has 5 aromatic rings. The summed E-state index contributed by atoms with van der Waals surface area (Å²) in [4.78, 5) is 26.2. The molecule has 3 atom stereocenters. The Balaban J connectivity index is 1.54. The van der Waals surface area contributed by atoms with Gasteiger partial charge in [-0.3, -0.25) is 14.2 Å². The van der Waals surface area contributed by atoms with Crippen LogP contribution < -0.4 is 5.56 Å². The number of hydrogen-bond donors (Lipinski definition) is 1. The van der Waals surface area contributed by atoms with Gasteiger partial charge in [-0.2, -0.15) is 0 Å². The van der Waals surface area contributed by atoms with Crippen molar-refractivity contribution in [2.24, 2.45) is 0 Å². The number of carbonyl (C=O) groups is 1. The van der Waals surface area contributed by atoms with E-state index in [0.29, 0.717) is 17.9 Å². The number of nitrogens with zero attached hydrogens (tertiary/aromatic N) is 1. The lowest BCUT2D eigenvalue weighted by atomic mass is 9.98. The zero-order valence-corrected chi connectivity index (χ0v) is 25.2. The number of ketones is 1. The van der Waals surface area contributed by atoms with Gasteiger partial charge >= 0.3 is 0 Å². The predicted octanol–water partition coefficient (Wildman–Crippen LogP) is 6.46. The van der Waals surface area contributed by atoms with E-state index >= 15 is 0 Å². The van der Waals surface area contributed by atoms with Crippen molar-refractivity contribution < 1.29 is 24.1 Å². The van der Waals surface area contributed by atoms with Crippen molar-refractivity contribution in [2.75, 3.05) is 6.61 Å². The van der Waals surface area contributed by atoms with Crippen LogP contribution in [0.1, 0.15) is 45.6 Å². The molecule has 0 amide bonds. The monoisotopic (exact) mass is 603 g/mol. The fourth-order valence-electron chi connectivity index (χ4n) is 5.07. The minimum Gasteiger partial charge on any atom is -0.388 e. The fraction of sp³-hybridized carbons (Fsp3) is 0.211. The number of Topliss-reactive ketones (excluding diaryl/α,β-unsaturated/α-hetero) is 1. The Hall–Kier alpha value is -4.66. The lowest BCUT2D eigenvalue weighted by Gasteiger charge is -2.32. The van der Waals surface area contributed by atoms with Crippen LogP contribution in [0.5, 0.6) is 0 Å². The summed E-state index contributed by atoms with van der Waals surface area (Å²) in [6, 6.07) is 39.7. The maximum atomic E-state index is 13.5. The summed E-state index contributed by atoms with van der Waals surface area (Å²) in [5.41, 5.74) is 3.50. The lowest BCUT2D eigenvalue weighted by molar-refractivity contribution is -0.150. The molecule has 0 unspecified atom stereocenters. The highest BCUT2D eigenvalue weighted by atomic mass is 16.6. The van der Waals surface area contributed by atoms with E-state index in [0.717, 1.165) is 16.7 Å². The molecule has 0 saturated carbocycles. The lowest BCUT2D eigenvalue weighted by Crippen LogP contribution is -2.40. The number of benzene rings is 4. The smallest absolute Gasteiger partial charge is 0.265 e. The zero-order valence-electron chi connectivity index (χ0n) is 25.2. The van der Waals surface area contributed by atoms with Crippen LogP contribution in [0, 0.1) is 0 Å². The van der Waals surface area contributed by atoms with Crippen molar-refractivity contribution in [3.8, 4) is 5.69 Å². The van der Waals surface area contributed by atoms with E-state index in [2.05, 4.69) is 0 Å². The Morgan fingerprint density at radius 2 is 1.20 bits per heavy atom. The number of aliphatic hydroxyl groups excluding tert-OH is 1. The van der Waals surface area contributed by atoms with Gasteiger partial charge in [0, 0.05) is 17.4 Å². The third-order valence-electron chi connectivity index (χ3n) is 7.42. The van der Waals surface area contributed by atoms with Crippen molar-refractivity contribution in [1.29, 1.82) is 0 Å². The Bertz CT molecular complexity index is 1690. The molecule has 1 aromatic heterocycles. The number of aliphatic hydroxyl groups is 1. The Labute approximate surface area is 263 Å². The maximum Gasteiger partial charge on any atom is 0.265 e. The molecule has 0 saturated heterocycles. The molecule has 1 N–H and O–H groups in total. The summed E-state index contributed by atoms with van der Waals surface area (Å²) in [6.07, 6.45) is -1.25. The van der Waals surface area contributed by atoms with E-state index in [1.807, 2.05) is 109 Å². The van der Waals surface area contributed by atoms with Crippen LogP contribution >= 0.6 is 0 Å². The number of rotatable bonds is 15. The van der Waals surface area contributed by atoms with E-state index in [1.165, 1.54) is 11.5 Å². The van der Waals surface area contributed by atoms with Crippen LogP contribution in [-0.2, 0) is 34.0 Å². The number of para-hydroxylation sites is 1. The van der Waals surface area contributed by atoms with Crippen LogP contribution in [0.3, 0.4) is 0 Å². The highest BCUT2D eigenvalue weighted by molar-refractivity contribution is 5.94.